The molecular weight excluding hydrogens is 400 g/mol. The summed E-state index contributed by atoms with van der Waals surface area (Å²) in [6.07, 6.45) is -3.11. The Bertz CT molecular complexity index is 1000. The number of sulfonamides is 1. The minimum Gasteiger partial charge on any atom is -0.322 e. The molecule has 0 saturated heterocycles. The Kier molecular flexibility index (Phi) is 6.15. The van der Waals surface area contributed by atoms with Gasteiger partial charge in [-0.05, 0) is 51.1 Å². The topological polar surface area (TPSA) is 75.3 Å². The number of carbonyl (C=O) groups excluding carboxylic acids is 1. The van der Waals surface area contributed by atoms with Gasteiger partial charge in [0.05, 0.1) is 11.1 Å². The van der Waals surface area contributed by atoms with Gasteiger partial charge in [-0.2, -0.15) is 0 Å². The van der Waals surface area contributed by atoms with Crippen LogP contribution in [0.5, 0.6) is 0 Å². The number of amides is 1. The lowest BCUT2D eigenvalue weighted by Gasteiger charge is -2.21. The molecule has 0 saturated carbocycles. The molecule has 10 heteroatoms. The van der Waals surface area contributed by atoms with E-state index in [-0.39, 0.29) is 5.69 Å². The monoisotopic (exact) mass is 418 g/mol. The number of alkyl halides is 2. The van der Waals surface area contributed by atoms with E-state index in [1.807, 2.05) is 0 Å². The molecule has 0 aliphatic heterocycles. The van der Waals surface area contributed by atoms with Gasteiger partial charge in [-0.3, -0.25) is 4.79 Å². The van der Waals surface area contributed by atoms with Crippen LogP contribution in [0.1, 0.15) is 43.1 Å². The zero-order valence-corrected chi connectivity index (χ0v) is 16.0. The molecule has 2 rings (SSSR count). The van der Waals surface area contributed by atoms with Crippen molar-refractivity contribution in [1.29, 1.82) is 0 Å². The van der Waals surface area contributed by atoms with E-state index in [0.717, 1.165) is 30.3 Å². The van der Waals surface area contributed by atoms with Crippen molar-refractivity contribution in [3.05, 3.63) is 59.2 Å². The van der Waals surface area contributed by atoms with Crippen molar-refractivity contribution < 1.29 is 30.8 Å². The molecule has 0 aliphatic carbocycles. The normalized spacial score (nSPS) is 12.3. The molecule has 0 atom stereocenters. The van der Waals surface area contributed by atoms with Crippen molar-refractivity contribution in [2.24, 2.45) is 0 Å². The predicted octanol–water partition coefficient (Wildman–Crippen LogP) is 4.23. The van der Waals surface area contributed by atoms with Crippen LogP contribution in [-0.2, 0) is 10.0 Å². The third-order valence-electron chi connectivity index (χ3n) is 3.43. The van der Waals surface area contributed by atoms with E-state index in [1.54, 1.807) is 20.8 Å². The molecule has 0 aromatic heterocycles. The highest BCUT2D eigenvalue weighted by Crippen LogP contribution is 2.26. The molecule has 0 radical (unpaired) electrons. The zero-order valence-electron chi connectivity index (χ0n) is 15.2. The first-order valence-electron chi connectivity index (χ1n) is 8.03. The maximum atomic E-state index is 14.7. The van der Waals surface area contributed by atoms with Gasteiger partial charge in [0, 0.05) is 11.2 Å². The fraction of sp³-hybridized carbons (Fsp3) is 0.278. The van der Waals surface area contributed by atoms with Gasteiger partial charge in [0.1, 0.15) is 10.7 Å². The van der Waals surface area contributed by atoms with Crippen molar-refractivity contribution in [3.63, 3.8) is 0 Å². The lowest BCUT2D eigenvalue weighted by atomic mass is 10.1. The van der Waals surface area contributed by atoms with Gasteiger partial charge in [0.2, 0.25) is 10.0 Å². The van der Waals surface area contributed by atoms with E-state index in [0.29, 0.717) is 0 Å². The Morgan fingerprint density at radius 3 is 2.29 bits per heavy atom. The Hall–Kier alpha value is -2.46. The van der Waals surface area contributed by atoms with Gasteiger partial charge < -0.3 is 5.32 Å². The van der Waals surface area contributed by atoms with E-state index in [9.17, 15) is 30.8 Å². The van der Waals surface area contributed by atoms with Crippen LogP contribution in [-0.4, -0.2) is 19.9 Å². The molecule has 1 amide bonds. The number of nitrogens with one attached hydrogen (secondary N) is 2. The van der Waals surface area contributed by atoms with Gasteiger partial charge in [-0.1, -0.05) is 6.07 Å². The van der Waals surface area contributed by atoms with Crippen LogP contribution < -0.4 is 10.0 Å². The summed E-state index contributed by atoms with van der Waals surface area (Å²) >= 11 is 0. The first-order valence-corrected chi connectivity index (χ1v) is 9.51. The highest BCUT2D eigenvalue weighted by molar-refractivity contribution is 7.89. The first-order chi connectivity index (χ1) is 12.8. The number of rotatable bonds is 5. The summed E-state index contributed by atoms with van der Waals surface area (Å²) in [5.74, 6) is -3.52. The van der Waals surface area contributed by atoms with E-state index in [1.165, 1.54) is 6.07 Å². The van der Waals surface area contributed by atoms with Crippen molar-refractivity contribution in [3.8, 4) is 0 Å². The second-order valence-corrected chi connectivity index (χ2v) is 8.62. The maximum absolute atomic E-state index is 14.7. The number of hydrogen-bond acceptors (Lipinski definition) is 3. The fourth-order valence-electron chi connectivity index (χ4n) is 2.34. The molecule has 2 aromatic carbocycles. The van der Waals surface area contributed by atoms with Crippen LogP contribution in [0.15, 0.2) is 41.3 Å². The van der Waals surface area contributed by atoms with Crippen LogP contribution in [0.3, 0.4) is 0 Å². The van der Waals surface area contributed by atoms with Gasteiger partial charge in [-0.25, -0.2) is 30.7 Å². The smallest absolute Gasteiger partial charge is 0.266 e. The first kappa shape index (κ1) is 21.8. The predicted molar refractivity (Wildman–Crippen MR) is 95.8 cm³/mol. The van der Waals surface area contributed by atoms with Gasteiger partial charge in [0.25, 0.3) is 12.3 Å². The average molecular weight is 418 g/mol. The molecule has 0 aliphatic rings. The molecule has 152 valence electrons. The molecular formula is C18H18F4N2O3S. The lowest BCUT2D eigenvalue weighted by Crippen LogP contribution is -2.41. The van der Waals surface area contributed by atoms with Crippen LogP contribution in [0.2, 0.25) is 0 Å². The second-order valence-electron chi connectivity index (χ2n) is 6.96. The Balaban J connectivity index is 2.37. The second kappa shape index (κ2) is 7.88. The molecule has 0 bridgehead atoms. The Morgan fingerprint density at radius 2 is 1.71 bits per heavy atom. The van der Waals surface area contributed by atoms with Gasteiger partial charge >= 0.3 is 0 Å². The number of hydrogen-bond donors (Lipinski definition) is 2. The lowest BCUT2D eigenvalue weighted by molar-refractivity contribution is 0.102. The third-order valence-corrected chi connectivity index (χ3v) is 5.20. The van der Waals surface area contributed by atoms with Crippen molar-refractivity contribution in [2.45, 2.75) is 37.6 Å². The third kappa shape index (κ3) is 5.08. The zero-order chi connectivity index (χ0) is 21.3. The molecule has 0 heterocycles. The van der Waals surface area contributed by atoms with Crippen molar-refractivity contribution in [2.75, 3.05) is 5.32 Å². The van der Waals surface area contributed by atoms with Crippen LogP contribution in [0.4, 0.5) is 23.2 Å². The quantitative estimate of drug-likeness (QED) is 0.714. The number of anilines is 1. The fourth-order valence-corrected chi connectivity index (χ4v) is 3.86. The summed E-state index contributed by atoms with van der Waals surface area (Å²) in [6.45, 7) is 4.69. The molecule has 0 spiro atoms. The molecule has 28 heavy (non-hydrogen) atoms. The average Bonchev–Trinajstić information content (AvgIpc) is 2.54. The Labute approximate surface area is 159 Å². The Morgan fingerprint density at radius 1 is 1.07 bits per heavy atom. The van der Waals surface area contributed by atoms with E-state index in [4.69, 9.17) is 0 Å². The minimum absolute atomic E-state index is 0.192. The standard InChI is InChI=1S/C18H18F4N2O3S/c1-18(2,3)24-28(26,27)14-6-4-5-11(15(14)20)17(25)23-10-7-8-13(19)12(9-10)16(21)22/h4-9,16,24H,1-3H3,(H,23,25). The number of carbonyl (C=O) groups is 1. The summed E-state index contributed by atoms with van der Waals surface area (Å²) < 4.78 is 80.5. The largest absolute Gasteiger partial charge is 0.322 e. The highest BCUT2D eigenvalue weighted by Gasteiger charge is 2.27. The van der Waals surface area contributed by atoms with E-state index < -0.39 is 55.6 Å². The van der Waals surface area contributed by atoms with E-state index in [2.05, 4.69) is 10.0 Å². The summed E-state index contributed by atoms with van der Waals surface area (Å²) in [5.41, 5.74) is -2.62. The maximum Gasteiger partial charge on any atom is 0.266 e. The summed E-state index contributed by atoms with van der Waals surface area (Å²) in [4.78, 5) is 11.6. The molecule has 0 fully saturated rings. The summed E-state index contributed by atoms with van der Waals surface area (Å²) in [6, 6.07) is 5.69. The highest BCUT2D eigenvalue weighted by atomic mass is 32.2. The molecule has 2 aromatic rings. The molecule has 0 unspecified atom stereocenters. The van der Waals surface area contributed by atoms with Crippen LogP contribution >= 0.6 is 0 Å². The molecule has 5 nitrogen and oxygen atoms in total. The summed E-state index contributed by atoms with van der Waals surface area (Å²) in [7, 11) is -4.25. The summed E-state index contributed by atoms with van der Waals surface area (Å²) in [5, 5.41) is 2.15. The number of benzene rings is 2. The SMILES string of the molecule is CC(C)(C)NS(=O)(=O)c1cccc(C(=O)Nc2ccc(F)c(C(F)F)c2)c1F. The van der Waals surface area contributed by atoms with Crippen molar-refractivity contribution >= 4 is 21.6 Å². The van der Waals surface area contributed by atoms with Crippen molar-refractivity contribution in [1.82, 2.24) is 4.72 Å². The van der Waals surface area contributed by atoms with E-state index >= 15 is 0 Å². The minimum atomic E-state index is -4.25. The van der Waals surface area contributed by atoms with Gasteiger partial charge in [0.15, 0.2) is 5.82 Å². The van der Waals surface area contributed by atoms with Crippen LogP contribution in [0.25, 0.3) is 0 Å². The number of halogens is 4. The van der Waals surface area contributed by atoms with Gasteiger partial charge in [-0.15, -0.1) is 0 Å². The van der Waals surface area contributed by atoms with Crippen LogP contribution in [0, 0.1) is 11.6 Å². The molecule has 2 N–H and O–H groups in total.